The van der Waals surface area contributed by atoms with E-state index in [4.69, 9.17) is 16.3 Å². The Morgan fingerprint density at radius 1 is 1.36 bits per heavy atom. The van der Waals surface area contributed by atoms with Crippen molar-refractivity contribution in [3.8, 4) is 0 Å². The molecule has 1 N–H and O–H groups in total. The molecule has 1 amide bonds. The molecule has 0 radical (unpaired) electrons. The summed E-state index contributed by atoms with van der Waals surface area (Å²) in [6.45, 7) is 3.97. The van der Waals surface area contributed by atoms with Gasteiger partial charge in [0.1, 0.15) is 17.0 Å². The molecule has 5 heterocycles. The fourth-order valence-electron chi connectivity index (χ4n) is 4.87. The van der Waals surface area contributed by atoms with Crippen LogP contribution in [0.15, 0.2) is 30.9 Å². The number of fused-ring (bicyclic) bond motifs is 4. The van der Waals surface area contributed by atoms with Crippen molar-refractivity contribution in [2.45, 2.75) is 32.2 Å². The van der Waals surface area contributed by atoms with Gasteiger partial charge in [-0.2, -0.15) is 5.10 Å². The first-order valence-corrected chi connectivity index (χ1v) is 12.3. The summed E-state index contributed by atoms with van der Waals surface area (Å²) in [6, 6.07) is 4.02. The van der Waals surface area contributed by atoms with Crippen LogP contribution < -0.4 is 5.32 Å². The van der Waals surface area contributed by atoms with Crippen LogP contribution in [-0.2, 0) is 22.4 Å². The Balaban J connectivity index is 1.31. The average Bonchev–Trinajstić information content (AvgIpc) is 3.42. The average molecular weight is 483 g/mol. The second kappa shape index (κ2) is 8.23. The van der Waals surface area contributed by atoms with E-state index >= 15 is 0 Å². The van der Waals surface area contributed by atoms with E-state index in [0.29, 0.717) is 24.8 Å². The number of thiophene rings is 1. The van der Waals surface area contributed by atoms with E-state index in [1.807, 2.05) is 17.0 Å². The minimum atomic E-state index is 0.00852. The summed E-state index contributed by atoms with van der Waals surface area (Å²) in [6.07, 6.45) is 7.52. The van der Waals surface area contributed by atoms with E-state index in [1.165, 1.54) is 10.4 Å². The van der Waals surface area contributed by atoms with Gasteiger partial charge in [0.15, 0.2) is 0 Å². The van der Waals surface area contributed by atoms with Gasteiger partial charge in [-0.1, -0.05) is 11.6 Å². The highest BCUT2D eigenvalue weighted by Crippen LogP contribution is 2.41. The number of hydrogen-bond acceptors (Lipinski definition) is 7. The summed E-state index contributed by atoms with van der Waals surface area (Å²) in [7, 11) is 0. The smallest absolute Gasteiger partial charge is 0.226 e. The number of hydrogen-bond donors (Lipinski definition) is 1. The second-order valence-corrected chi connectivity index (χ2v) is 10.2. The number of anilines is 2. The normalized spacial score (nSPS) is 20.8. The molecule has 2 atom stereocenters. The molecule has 1 aliphatic carbocycles. The van der Waals surface area contributed by atoms with Crippen molar-refractivity contribution in [3.63, 3.8) is 0 Å². The highest BCUT2D eigenvalue weighted by atomic mass is 35.5. The zero-order valence-corrected chi connectivity index (χ0v) is 19.7. The molecule has 0 aromatic carbocycles. The molecular weight excluding hydrogens is 460 g/mol. The van der Waals surface area contributed by atoms with Gasteiger partial charge in [-0.05, 0) is 43.9 Å². The van der Waals surface area contributed by atoms with Gasteiger partial charge in [0, 0.05) is 29.7 Å². The molecule has 4 aromatic heterocycles. The fraction of sp³-hybridized carbons (Fsp3) is 0.391. The summed E-state index contributed by atoms with van der Waals surface area (Å²) in [5.74, 6) is 1.00. The summed E-state index contributed by atoms with van der Waals surface area (Å²) < 4.78 is 7.24. The Hall–Kier alpha value is -2.75. The third-order valence-electron chi connectivity index (χ3n) is 6.58. The van der Waals surface area contributed by atoms with E-state index in [2.05, 4.69) is 27.3 Å². The molecule has 1 aliphatic heterocycles. The predicted octanol–water partition coefficient (Wildman–Crippen LogP) is 4.09. The molecule has 0 spiro atoms. The number of aryl methyl sites for hydroxylation is 1. The van der Waals surface area contributed by atoms with Crippen LogP contribution in [-0.4, -0.2) is 56.2 Å². The molecule has 10 heteroatoms. The number of pyridine rings is 1. The molecule has 0 unspecified atom stereocenters. The number of nitrogens with one attached hydrogen (secondary N) is 1. The van der Waals surface area contributed by atoms with Crippen molar-refractivity contribution in [2.75, 3.05) is 25.1 Å². The Morgan fingerprint density at radius 3 is 3.15 bits per heavy atom. The first-order chi connectivity index (χ1) is 16.1. The number of nitrogens with zero attached hydrogens (tertiary/aromatic N) is 5. The topological polar surface area (TPSA) is 84.6 Å². The fourth-order valence-corrected chi connectivity index (χ4v) is 6.33. The van der Waals surface area contributed by atoms with Crippen LogP contribution in [0.2, 0.25) is 5.02 Å². The molecule has 2 aliphatic rings. The first kappa shape index (κ1) is 20.8. The van der Waals surface area contributed by atoms with Crippen LogP contribution in [0.3, 0.4) is 0 Å². The zero-order valence-electron chi connectivity index (χ0n) is 18.1. The highest BCUT2D eigenvalue weighted by Gasteiger charge is 2.34. The van der Waals surface area contributed by atoms with E-state index < -0.39 is 0 Å². The molecule has 8 nitrogen and oxygen atoms in total. The number of rotatable bonds is 3. The maximum atomic E-state index is 13.2. The third kappa shape index (κ3) is 3.64. The minimum Gasteiger partial charge on any atom is -0.377 e. The van der Waals surface area contributed by atoms with Crippen LogP contribution in [0.1, 0.15) is 23.8 Å². The van der Waals surface area contributed by atoms with Gasteiger partial charge in [-0.3, -0.25) is 4.79 Å². The number of carbonyl (C=O) groups excluding carboxylic acids is 1. The van der Waals surface area contributed by atoms with Crippen LogP contribution in [0.4, 0.5) is 11.5 Å². The van der Waals surface area contributed by atoms with Crippen LogP contribution in [0.5, 0.6) is 0 Å². The lowest BCUT2D eigenvalue weighted by Crippen LogP contribution is -2.50. The van der Waals surface area contributed by atoms with Gasteiger partial charge in [0.2, 0.25) is 5.91 Å². The largest absolute Gasteiger partial charge is 0.377 e. The highest BCUT2D eigenvalue weighted by molar-refractivity contribution is 7.19. The van der Waals surface area contributed by atoms with Gasteiger partial charge in [-0.25, -0.2) is 14.5 Å². The number of carbonyl (C=O) groups is 1. The van der Waals surface area contributed by atoms with E-state index in [9.17, 15) is 4.79 Å². The Kier molecular flexibility index (Phi) is 5.20. The predicted molar refractivity (Wildman–Crippen MR) is 128 cm³/mol. The molecule has 0 saturated carbocycles. The van der Waals surface area contributed by atoms with E-state index in [1.54, 1.807) is 34.6 Å². The van der Waals surface area contributed by atoms with Crippen LogP contribution >= 0.6 is 22.9 Å². The Bertz CT molecular complexity index is 1370. The van der Waals surface area contributed by atoms with Crippen LogP contribution in [0.25, 0.3) is 15.7 Å². The monoisotopic (exact) mass is 482 g/mol. The van der Waals surface area contributed by atoms with Gasteiger partial charge in [0.25, 0.3) is 0 Å². The van der Waals surface area contributed by atoms with Crippen molar-refractivity contribution in [2.24, 2.45) is 5.92 Å². The molecule has 0 bridgehead atoms. The van der Waals surface area contributed by atoms with Crippen molar-refractivity contribution >= 4 is 56.1 Å². The summed E-state index contributed by atoms with van der Waals surface area (Å²) >= 11 is 8.17. The lowest BCUT2D eigenvalue weighted by atomic mass is 9.86. The lowest BCUT2D eigenvalue weighted by molar-refractivity contribution is -0.143. The summed E-state index contributed by atoms with van der Waals surface area (Å²) in [4.78, 5) is 26.5. The number of halogens is 1. The molecule has 33 heavy (non-hydrogen) atoms. The first-order valence-electron chi connectivity index (χ1n) is 11.1. The number of morpholine rings is 1. The maximum absolute atomic E-state index is 13.2. The van der Waals surface area contributed by atoms with Crippen molar-refractivity contribution in [3.05, 3.63) is 46.3 Å². The summed E-state index contributed by atoms with van der Waals surface area (Å²) in [5.41, 5.74) is 2.96. The number of amides is 1. The molecule has 1 saturated heterocycles. The van der Waals surface area contributed by atoms with Gasteiger partial charge >= 0.3 is 0 Å². The minimum absolute atomic E-state index is 0.00852. The Morgan fingerprint density at radius 2 is 2.27 bits per heavy atom. The number of aromatic nitrogens is 4. The number of ether oxygens (including phenoxy) is 1. The van der Waals surface area contributed by atoms with Crippen molar-refractivity contribution < 1.29 is 9.53 Å². The Labute approximate surface area is 199 Å². The van der Waals surface area contributed by atoms with E-state index in [-0.39, 0.29) is 17.9 Å². The standard InChI is InChI=1S/C23H23ClN6O2S/c1-13-11-32-7-6-29(13)23(31)14-2-3-16-19(8-14)33-22-20(16)21(25-12-26-22)28-18-9-15-4-5-27-30(15)10-17(18)24/h4-5,9-10,12-14H,2-3,6-8,11H2,1H3,(H,25,26,28)/t13-,14+/m1/s1. The van der Waals surface area contributed by atoms with E-state index in [0.717, 1.165) is 46.5 Å². The second-order valence-electron chi connectivity index (χ2n) is 8.66. The van der Waals surface area contributed by atoms with Crippen molar-refractivity contribution in [1.29, 1.82) is 0 Å². The molecule has 1 fully saturated rings. The molecule has 6 rings (SSSR count). The SMILES string of the molecule is C[C@@H]1COCCN1C(=O)[C@H]1CCc2c(sc3ncnc(Nc4cc5ccnn5cc4Cl)c23)C1. The van der Waals surface area contributed by atoms with Crippen molar-refractivity contribution in [1.82, 2.24) is 24.5 Å². The lowest BCUT2D eigenvalue weighted by Gasteiger charge is -2.36. The molecule has 170 valence electrons. The molecule has 4 aromatic rings. The third-order valence-corrected chi connectivity index (χ3v) is 8.05. The zero-order chi connectivity index (χ0) is 22.5. The van der Waals surface area contributed by atoms with Gasteiger partial charge in [-0.15, -0.1) is 11.3 Å². The van der Waals surface area contributed by atoms with Gasteiger partial charge in [0.05, 0.1) is 40.9 Å². The van der Waals surface area contributed by atoms with Gasteiger partial charge < -0.3 is 15.0 Å². The summed E-state index contributed by atoms with van der Waals surface area (Å²) in [5, 5.41) is 9.24. The van der Waals surface area contributed by atoms with Crippen LogP contribution in [0, 0.1) is 5.92 Å². The molecular formula is C23H23ClN6O2S. The quantitative estimate of drug-likeness (QED) is 0.473. The maximum Gasteiger partial charge on any atom is 0.226 e.